The molecule has 3 rings (SSSR count). The summed E-state index contributed by atoms with van der Waals surface area (Å²) >= 11 is 0. The molecule has 170 valence electrons. The molecule has 1 aromatic heterocycles. The first kappa shape index (κ1) is 25.0. The summed E-state index contributed by atoms with van der Waals surface area (Å²) in [5.41, 5.74) is 0. The van der Waals surface area contributed by atoms with Gasteiger partial charge in [-0.15, -0.1) is 24.0 Å². The zero-order chi connectivity index (χ0) is 20.3. The van der Waals surface area contributed by atoms with E-state index in [1.165, 1.54) is 12.8 Å². The first-order chi connectivity index (χ1) is 14.3. The number of piperazine rings is 1. The Balaban J connectivity index is 0.00000320. The van der Waals surface area contributed by atoms with Gasteiger partial charge in [0.1, 0.15) is 5.76 Å². The number of likely N-dealkylation sites (tertiary alicyclic amines) is 1. The molecule has 0 aliphatic carbocycles. The van der Waals surface area contributed by atoms with Gasteiger partial charge in [0, 0.05) is 58.8 Å². The van der Waals surface area contributed by atoms with Gasteiger partial charge < -0.3 is 19.5 Å². The molecule has 30 heavy (non-hydrogen) atoms. The van der Waals surface area contributed by atoms with Crippen LogP contribution in [0.15, 0.2) is 27.8 Å². The van der Waals surface area contributed by atoms with Crippen molar-refractivity contribution in [2.24, 2.45) is 4.99 Å². The lowest BCUT2D eigenvalue weighted by molar-refractivity contribution is -0.132. The molecule has 8 heteroatoms. The van der Waals surface area contributed by atoms with Crippen LogP contribution in [0.4, 0.5) is 0 Å². The molecule has 0 spiro atoms. The summed E-state index contributed by atoms with van der Waals surface area (Å²) < 4.78 is 5.41. The van der Waals surface area contributed by atoms with E-state index in [9.17, 15) is 4.79 Å². The highest BCUT2D eigenvalue weighted by Gasteiger charge is 2.23. The minimum atomic E-state index is 0. The third kappa shape index (κ3) is 8.09. The van der Waals surface area contributed by atoms with Crippen LogP contribution in [0.3, 0.4) is 0 Å². The van der Waals surface area contributed by atoms with Crippen LogP contribution >= 0.6 is 24.0 Å². The number of carbonyl (C=O) groups excluding carboxylic acids is 1. The smallest absolute Gasteiger partial charge is 0.236 e. The number of amides is 1. The van der Waals surface area contributed by atoms with E-state index >= 15 is 0 Å². The quantitative estimate of drug-likeness (QED) is 0.333. The van der Waals surface area contributed by atoms with Crippen molar-refractivity contribution < 1.29 is 9.21 Å². The number of nitrogens with one attached hydrogen (secondary N) is 1. The van der Waals surface area contributed by atoms with Gasteiger partial charge in [-0.1, -0.05) is 19.8 Å². The molecule has 0 aromatic carbocycles. The number of halogens is 1. The highest BCUT2D eigenvalue weighted by molar-refractivity contribution is 14.0. The maximum absolute atomic E-state index is 12.7. The summed E-state index contributed by atoms with van der Waals surface area (Å²) in [6, 6.07) is 3.93. The van der Waals surface area contributed by atoms with Gasteiger partial charge in [-0.2, -0.15) is 0 Å². The van der Waals surface area contributed by atoms with Gasteiger partial charge in [0.05, 0.1) is 12.8 Å². The van der Waals surface area contributed by atoms with E-state index in [4.69, 9.17) is 9.41 Å². The molecule has 0 saturated carbocycles. The van der Waals surface area contributed by atoms with E-state index in [1.807, 2.05) is 12.1 Å². The van der Waals surface area contributed by atoms with Crippen LogP contribution in [-0.4, -0.2) is 85.5 Å². The molecule has 0 radical (unpaired) electrons. The van der Waals surface area contributed by atoms with Crippen LogP contribution in [0.2, 0.25) is 0 Å². The van der Waals surface area contributed by atoms with Crippen molar-refractivity contribution >= 4 is 35.8 Å². The molecule has 1 aromatic rings. The second-order valence-corrected chi connectivity index (χ2v) is 8.02. The van der Waals surface area contributed by atoms with Gasteiger partial charge in [-0.3, -0.25) is 14.7 Å². The van der Waals surface area contributed by atoms with E-state index < -0.39 is 0 Å². The normalized spacial score (nSPS) is 18.6. The molecule has 1 N–H and O–H groups in total. The fourth-order valence-electron chi connectivity index (χ4n) is 3.97. The molecule has 2 aliphatic heterocycles. The Morgan fingerprint density at radius 2 is 1.80 bits per heavy atom. The SMILES string of the molecule is CCCN=C(NCCc1ccco1)N1CCN(CC(=O)N2CCCCCC2)CC1.I. The number of aliphatic imine (C=N–C) groups is 1. The average Bonchev–Trinajstić information content (AvgIpc) is 3.10. The van der Waals surface area contributed by atoms with Crippen LogP contribution in [0.25, 0.3) is 0 Å². The van der Waals surface area contributed by atoms with Crippen LogP contribution in [0.1, 0.15) is 44.8 Å². The Bertz CT molecular complexity index is 621. The number of hydrogen-bond donors (Lipinski definition) is 1. The third-order valence-corrected chi connectivity index (χ3v) is 5.71. The summed E-state index contributed by atoms with van der Waals surface area (Å²) in [6.07, 6.45) is 8.43. The molecular weight excluding hydrogens is 493 g/mol. The van der Waals surface area contributed by atoms with Gasteiger partial charge in [0.15, 0.2) is 5.96 Å². The van der Waals surface area contributed by atoms with Crippen molar-refractivity contribution in [3.63, 3.8) is 0 Å². The van der Waals surface area contributed by atoms with Gasteiger partial charge in [-0.25, -0.2) is 0 Å². The van der Waals surface area contributed by atoms with Crippen molar-refractivity contribution in [2.75, 3.05) is 58.9 Å². The van der Waals surface area contributed by atoms with Gasteiger partial charge in [-0.05, 0) is 31.4 Å². The highest BCUT2D eigenvalue weighted by Crippen LogP contribution is 2.11. The van der Waals surface area contributed by atoms with Crippen LogP contribution in [0.5, 0.6) is 0 Å². The Morgan fingerprint density at radius 1 is 1.07 bits per heavy atom. The standard InChI is InChI=1S/C22H37N5O2.HI/c1-2-10-23-22(24-11-9-20-8-7-18-29-20)27-16-14-25(15-17-27)19-21(28)26-12-5-3-4-6-13-26;/h7-8,18H,2-6,9-17,19H2,1H3,(H,23,24);1H. The maximum Gasteiger partial charge on any atom is 0.236 e. The molecule has 1 amide bonds. The molecule has 2 aliphatic rings. The van der Waals surface area contributed by atoms with Crippen molar-refractivity contribution in [3.8, 4) is 0 Å². The molecule has 2 fully saturated rings. The van der Waals surface area contributed by atoms with E-state index in [1.54, 1.807) is 6.26 Å². The van der Waals surface area contributed by atoms with Crippen LogP contribution in [-0.2, 0) is 11.2 Å². The molecule has 2 saturated heterocycles. The topological polar surface area (TPSA) is 64.3 Å². The summed E-state index contributed by atoms with van der Waals surface area (Å²) in [5, 5.41) is 3.50. The van der Waals surface area contributed by atoms with Gasteiger partial charge in [0.25, 0.3) is 0 Å². The van der Waals surface area contributed by atoms with E-state index in [0.29, 0.717) is 12.5 Å². The highest BCUT2D eigenvalue weighted by atomic mass is 127. The van der Waals surface area contributed by atoms with Gasteiger partial charge >= 0.3 is 0 Å². The molecule has 0 atom stereocenters. The summed E-state index contributed by atoms with van der Waals surface area (Å²) in [4.78, 5) is 24.1. The minimum Gasteiger partial charge on any atom is -0.469 e. The van der Waals surface area contributed by atoms with Gasteiger partial charge in [0.2, 0.25) is 5.91 Å². The maximum atomic E-state index is 12.7. The Morgan fingerprint density at radius 3 is 2.43 bits per heavy atom. The number of furan rings is 1. The van der Waals surface area contributed by atoms with Crippen molar-refractivity contribution in [3.05, 3.63) is 24.2 Å². The van der Waals surface area contributed by atoms with E-state index in [0.717, 1.165) is 89.8 Å². The lowest BCUT2D eigenvalue weighted by atomic mass is 10.2. The average molecular weight is 531 g/mol. The lowest BCUT2D eigenvalue weighted by Crippen LogP contribution is -2.54. The second-order valence-electron chi connectivity index (χ2n) is 8.02. The predicted octanol–water partition coefficient (Wildman–Crippen LogP) is 2.82. The number of rotatable bonds is 7. The van der Waals surface area contributed by atoms with Crippen molar-refractivity contribution in [1.82, 2.24) is 20.0 Å². The zero-order valence-electron chi connectivity index (χ0n) is 18.4. The van der Waals surface area contributed by atoms with Crippen molar-refractivity contribution in [1.29, 1.82) is 0 Å². The molecule has 7 nitrogen and oxygen atoms in total. The monoisotopic (exact) mass is 531 g/mol. The first-order valence-corrected chi connectivity index (χ1v) is 11.3. The van der Waals surface area contributed by atoms with Crippen LogP contribution < -0.4 is 5.32 Å². The molecular formula is C22H38IN5O2. The lowest BCUT2D eigenvalue weighted by Gasteiger charge is -2.37. The minimum absolute atomic E-state index is 0. The molecule has 3 heterocycles. The van der Waals surface area contributed by atoms with Crippen LogP contribution in [0, 0.1) is 0 Å². The fourth-order valence-corrected chi connectivity index (χ4v) is 3.97. The number of hydrogen-bond acceptors (Lipinski definition) is 4. The van der Waals surface area contributed by atoms with E-state index in [2.05, 4.69) is 26.9 Å². The third-order valence-electron chi connectivity index (χ3n) is 5.71. The Labute approximate surface area is 198 Å². The predicted molar refractivity (Wildman–Crippen MR) is 131 cm³/mol. The fraction of sp³-hybridized carbons (Fsp3) is 0.727. The van der Waals surface area contributed by atoms with E-state index in [-0.39, 0.29) is 24.0 Å². The zero-order valence-corrected chi connectivity index (χ0v) is 20.7. The number of carbonyl (C=O) groups is 1. The summed E-state index contributed by atoms with van der Waals surface area (Å²) in [7, 11) is 0. The summed E-state index contributed by atoms with van der Waals surface area (Å²) in [6.45, 7) is 9.85. The molecule has 0 bridgehead atoms. The van der Waals surface area contributed by atoms with Crippen molar-refractivity contribution in [2.45, 2.75) is 45.4 Å². The summed E-state index contributed by atoms with van der Waals surface area (Å²) in [5.74, 6) is 2.28. The molecule has 0 unspecified atom stereocenters. The second kappa shape index (κ2) is 13.9. The first-order valence-electron chi connectivity index (χ1n) is 11.3. The largest absolute Gasteiger partial charge is 0.469 e. The number of guanidine groups is 1. The Kier molecular flexibility index (Phi) is 11.6. The number of nitrogens with zero attached hydrogens (tertiary/aromatic N) is 4. The Hall–Kier alpha value is -1.29.